The molecular formula is C45H30N4O. The van der Waals surface area contributed by atoms with Gasteiger partial charge in [-0.15, -0.1) is 0 Å². The first-order valence-electron chi connectivity index (χ1n) is 16.6. The Morgan fingerprint density at radius 1 is 0.340 bits per heavy atom. The lowest BCUT2D eigenvalue weighted by Gasteiger charge is -2.25. The summed E-state index contributed by atoms with van der Waals surface area (Å²) in [6.45, 7) is 0. The molecule has 0 bridgehead atoms. The Balaban J connectivity index is 1.07. The zero-order valence-electron chi connectivity index (χ0n) is 27.0. The van der Waals surface area contributed by atoms with Crippen LogP contribution in [-0.4, -0.2) is 15.0 Å². The van der Waals surface area contributed by atoms with Crippen LogP contribution in [0.25, 0.3) is 67.2 Å². The van der Waals surface area contributed by atoms with E-state index in [1.165, 1.54) is 0 Å². The van der Waals surface area contributed by atoms with Gasteiger partial charge in [-0.05, 0) is 83.9 Å². The molecule has 9 aromatic rings. The number of aromatic nitrogens is 3. The molecule has 2 aromatic heterocycles. The van der Waals surface area contributed by atoms with E-state index in [1.807, 2.05) is 72.8 Å². The van der Waals surface area contributed by atoms with Gasteiger partial charge in [-0.2, -0.15) is 0 Å². The summed E-state index contributed by atoms with van der Waals surface area (Å²) in [5.74, 6) is 0.595. The molecular weight excluding hydrogens is 613 g/mol. The fourth-order valence-electron chi connectivity index (χ4n) is 6.41. The van der Waals surface area contributed by atoms with Crippen LogP contribution >= 0.6 is 0 Å². The fourth-order valence-corrected chi connectivity index (χ4v) is 6.41. The van der Waals surface area contributed by atoms with Crippen molar-refractivity contribution in [3.05, 3.63) is 182 Å². The zero-order chi connectivity index (χ0) is 33.3. The van der Waals surface area contributed by atoms with E-state index in [2.05, 4.69) is 114 Å². The Labute approximate surface area is 289 Å². The number of nitrogens with zero attached hydrogens (tertiary/aromatic N) is 4. The molecule has 0 atom stereocenters. The Hall–Kier alpha value is -6.85. The molecule has 0 aliphatic heterocycles. The van der Waals surface area contributed by atoms with Crippen molar-refractivity contribution in [2.75, 3.05) is 4.90 Å². The van der Waals surface area contributed by atoms with Gasteiger partial charge in [-0.3, -0.25) is 0 Å². The second-order valence-corrected chi connectivity index (χ2v) is 12.1. The normalized spacial score (nSPS) is 11.2. The Bertz CT molecular complexity index is 2560. The van der Waals surface area contributed by atoms with Crippen molar-refractivity contribution in [3.63, 3.8) is 0 Å². The third-order valence-corrected chi connectivity index (χ3v) is 8.90. The van der Waals surface area contributed by atoms with Gasteiger partial charge >= 0.3 is 0 Å². The van der Waals surface area contributed by atoms with E-state index in [0.717, 1.165) is 78.4 Å². The molecule has 0 unspecified atom stereocenters. The molecule has 0 spiro atoms. The van der Waals surface area contributed by atoms with E-state index < -0.39 is 0 Å². The number of benzene rings is 7. The molecule has 0 aliphatic carbocycles. The van der Waals surface area contributed by atoms with Crippen LogP contribution in [0.5, 0.6) is 0 Å². The van der Waals surface area contributed by atoms with Crippen LogP contribution in [0, 0.1) is 0 Å². The molecule has 236 valence electrons. The van der Waals surface area contributed by atoms with Crippen LogP contribution < -0.4 is 4.90 Å². The van der Waals surface area contributed by atoms with E-state index in [0.29, 0.717) is 5.89 Å². The van der Waals surface area contributed by atoms with Crippen LogP contribution in [0.15, 0.2) is 186 Å². The second-order valence-electron chi connectivity index (χ2n) is 12.1. The average Bonchev–Trinajstić information content (AvgIpc) is 3.63. The van der Waals surface area contributed by atoms with Crippen molar-refractivity contribution >= 4 is 39.2 Å². The third kappa shape index (κ3) is 5.57. The minimum absolute atomic E-state index is 0.595. The molecule has 5 nitrogen and oxygen atoms in total. The maximum atomic E-state index is 6.20. The summed E-state index contributed by atoms with van der Waals surface area (Å²) < 4.78 is 6.20. The van der Waals surface area contributed by atoms with Gasteiger partial charge in [-0.1, -0.05) is 109 Å². The summed E-state index contributed by atoms with van der Waals surface area (Å²) in [4.78, 5) is 17.3. The van der Waals surface area contributed by atoms with Crippen molar-refractivity contribution in [2.45, 2.75) is 0 Å². The maximum Gasteiger partial charge on any atom is 0.227 e. The zero-order valence-corrected chi connectivity index (χ0v) is 27.0. The molecule has 2 heterocycles. The van der Waals surface area contributed by atoms with Gasteiger partial charge in [0, 0.05) is 33.8 Å². The van der Waals surface area contributed by atoms with Gasteiger partial charge in [0.25, 0.3) is 0 Å². The van der Waals surface area contributed by atoms with Gasteiger partial charge in [-0.25, -0.2) is 15.0 Å². The minimum Gasteiger partial charge on any atom is -0.436 e. The summed E-state index contributed by atoms with van der Waals surface area (Å²) in [5, 5.41) is 0. The monoisotopic (exact) mass is 642 g/mol. The first-order valence-corrected chi connectivity index (χ1v) is 16.6. The highest BCUT2D eigenvalue weighted by atomic mass is 16.3. The fraction of sp³-hybridized carbons (Fsp3) is 0. The van der Waals surface area contributed by atoms with E-state index in [4.69, 9.17) is 19.4 Å². The quantitative estimate of drug-likeness (QED) is 0.173. The highest BCUT2D eigenvalue weighted by Crippen LogP contribution is 2.38. The number of fused-ring (bicyclic) bond motifs is 2. The van der Waals surface area contributed by atoms with Crippen LogP contribution in [0.4, 0.5) is 17.1 Å². The van der Waals surface area contributed by atoms with Crippen LogP contribution in [0.1, 0.15) is 0 Å². The van der Waals surface area contributed by atoms with Crippen molar-refractivity contribution in [1.82, 2.24) is 15.0 Å². The first-order chi connectivity index (χ1) is 24.8. The van der Waals surface area contributed by atoms with E-state index >= 15 is 0 Å². The van der Waals surface area contributed by atoms with Crippen molar-refractivity contribution in [2.24, 2.45) is 0 Å². The number of anilines is 3. The average molecular weight is 643 g/mol. The molecule has 0 aliphatic rings. The van der Waals surface area contributed by atoms with Crippen LogP contribution in [-0.2, 0) is 0 Å². The summed E-state index contributed by atoms with van der Waals surface area (Å²) in [7, 11) is 0. The molecule has 50 heavy (non-hydrogen) atoms. The predicted octanol–water partition coefficient (Wildman–Crippen LogP) is 11.9. The summed E-state index contributed by atoms with van der Waals surface area (Å²) in [6, 6.07) is 62.1. The topological polar surface area (TPSA) is 55.1 Å². The molecule has 0 radical (unpaired) electrons. The Morgan fingerprint density at radius 3 is 1.40 bits per heavy atom. The first kappa shape index (κ1) is 29.3. The smallest absolute Gasteiger partial charge is 0.227 e. The SMILES string of the molecule is c1ccc(-c2ccc3oc(-c4ccc(N(c5ccccc5)c5ccc(-c6nc7ccccc7nc6-c6ccccc6)cc5)cc4)nc3c2)cc1. The molecule has 5 heteroatoms. The lowest BCUT2D eigenvalue weighted by molar-refractivity contribution is 0.620. The molecule has 0 N–H and O–H groups in total. The van der Waals surface area contributed by atoms with E-state index in [9.17, 15) is 0 Å². The lowest BCUT2D eigenvalue weighted by Crippen LogP contribution is -2.09. The van der Waals surface area contributed by atoms with Gasteiger partial charge < -0.3 is 9.32 Å². The van der Waals surface area contributed by atoms with Gasteiger partial charge in [0.2, 0.25) is 5.89 Å². The highest BCUT2D eigenvalue weighted by molar-refractivity contribution is 5.88. The predicted molar refractivity (Wildman–Crippen MR) is 204 cm³/mol. The largest absolute Gasteiger partial charge is 0.436 e. The van der Waals surface area contributed by atoms with Crippen LogP contribution in [0.2, 0.25) is 0 Å². The number of hydrogen-bond donors (Lipinski definition) is 0. The van der Waals surface area contributed by atoms with E-state index in [-0.39, 0.29) is 0 Å². The molecule has 0 saturated carbocycles. The highest BCUT2D eigenvalue weighted by Gasteiger charge is 2.17. The summed E-state index contributed by atoms with van der Waals surface area (Å²) >= 11 is 0. The Kier molecular flexibility index (Phi) is 7.41. The molecule has 0 saturated heterocycles. The van der Waals surface area contributed by atoms with Crippen molar-refractivity contribution < 1.29 is 4.42 Å². The molecule has 0 fully saturated rings. The van der Waals surface area contributed by atoms with Gasteiger partial charge in [0.15, 0.2) is 5.58 Å². The minimum atomic E-state index is 0.595. The third-order valence-electron chi connectivity index (χ3n) is 8.90. The number of rotatable bonds is 7. The summed E-state index contributed by atoms with van der Waals surface area (Å²) in [6.07, 6.45) is 0. The molecule has 0 amide bonds. The van der Waals surface area contributed by atoms with Crippen molar-refractivity contribution in [1.29, 1.82) is 0 Å². The maximum absolute atomic E-state index is 6.20. The lowest BCUT2D eigenvalue weighted by atomic mass is 10.0. The van der Waals surface area contributed by atoms with Gasteiger partial charge in [0.1, 0.15) is 5.52 Å². The number of para-hydroxylation sites is 3. The van der Waals surface area contributed by atoms with Crippen molar-refractivity contribution in [3.8, 4) is 45.1 Å². The Morgan fingerprint density at radius 2 is 0.800 bits per heavy atom. The number of hydrogen-bond acceptors (Lipinski definition) is 5. The molecule has 7 aromatic carbocycles. The van der Waals surface area contributed by atoms with E-state index in [1.54, 1.807) is 0 Å². The van der Waals surface area contributed by atoms with Crippen LogP contribution in [0.3, 0.4) is 0 Å². The number of oxazole rings is 1. The standard InChI is InChI=1S/C45H30N4O/c1-4-12-31(13-5-1)35-24-29-42-41(30-35)48-45(50-42)34-22-27-38(28-23-34)49(36-16-8-3-9-17-36)37-25-20-33(21-26-37)44-43(32-14-6-2-7-15-32)46-39-18-10-11-19-40(39)47-44/h1-30H. The second kappa shape index (κ2) is 12.6. The van der Waals surface area contributed by atoms with Gasteiger partial charge in [0.05, 0.1) is 22.4 Å². The molecule has 9 rings (SSSR count). The summed E-state index contributed by atoms with van der Waals surface area (Å²) in [5.41, 5.74) is 13.4.